The van der Waals surface area contributed by atoms with Gasteiger partial charge in [0.05, 0.1) is 0 Å². The van der Waals surface area contributed by atoms with E-state index in [0.29, 0.717) is 0 Å². The molecule has 0 aromatic heterocycles. The molecular formula is H15Al2NO3. The molecule has 0 atom stereocenters. The van der Waals surface area contributed by atoms with E-state index in [9.17, 15) is 0 Å². The van der Waals surface area contributed by atoms with Crippen molar-refractivity contribution >= 4 is 34.7 Å². The molecular weight excluding hydrogens is 116 g/mol. The normalized spacial score (nSPS) is 0. The van der Waals surface area contributed by atoms with Crippen molar-refractivity contribution in [3.63, 3.8) is 0 Å². The first-order chi connectivity index (χ1) is 0. The van der Waals surface area contributed by atoms with Gasteiger partial charge in [0.2, 0.25) is 0 Å². The van der Waals surface area contributed by atoms with E-state index in [2.05, 4.69) is 0 Å². The molecule has 0 aromatic carbocycles. The zero-order chi connectivity index (χ0) is 0. The van der Waals surface area contributed by atoms with E-state index in [0.717, 1.165) is 0 Å². The van der Waals surface area contributed by atoms with Crippen molar-refractivity contribution in [1.82, 2.24) is 6.15 Å². The van der Waals surface area contributed by atoms with Gasteiger partial charge in [-0.15, -0.1) is 0 Å². The lowest BCUT2D eigenvalue weighted by Gasteiger charge is -0.413. The van der Waals surface area contributed by atoms with Crippen molar-refractivity contribution in [1.29, 1.82) is 0 Å². The van der Waals surface area contributed by atoms with Gasteiger partial charge in [-0.1, -0.05) is 0 Å². The average Bonchev–Trinajstić information content (AvgIpc) is 0. The van der Waals surface area contributed by atoms with E-state index in [1.165, 1.54) is 0 Å². The van der Waals surface area contributed by atoms with Gasteiger partial charge in [0.15, 0.2) is 34.7 Å². The fourth-order valence-electron chi connectivity index (χ4n) is 0. The van der Waals surface area contributed by atoms with Crippen molar-refractivity contribution in [2.75, 3.05) is 0 Å². The van der Waals surface area contributed by atoms with E-state index in [-0.39, 0.29) is 57.3 Å². The fraction of sp³-hybridized carbons (Fsp3) is 0. The van der Waals surface area contributed by atoms with Crippen LogP contribution in [0.1, 0.15) is 0 Å². The van der Waals surface area contributed by atoms with E-state index >= 15 is 0 Å². The zero-order valence-electron chi connectivity index (χ0n) is 2.21. The molecule has 6 heavy (non-hydrogen) atoms. The second kappa shape index (κ2) is 173. The molecule has 4 nitrogen and oxygen atoms in total. The minimum Gasteiger partial charge on any atom is -0.412 e. The highest BCUT2D eigenvalue weighted by Gasteiger charge is 0.188. The molecule has 6 heteroatoms. The molecule has 9 N–H and O–H groups in total. The van der Waals surface area contributed by atoms with Crippen LogP contribution < -0.4 is 6.15 Å². The van der Waals surface area contributed by atoms with Crippen LogP contribution in [0.2, 0.25) is 0 Å². The quantitative estimate of drug-likeness (QED) is 0.325. The van der Waals surface area contributed by atoms with E-state index < -0.39 is 0 Å². The highest BCUT2D eigenvalue weighted by Crippen LogP contribution is -0.287. The van der Waals surface area contributed by atoms with Crippen LogP contribution in [0.25, 0.3) is 0 Å². The van der Waals surface area contributed by atoms with Crippen LogP contribution in [0.5, 0.6) is 0 Å². The molecule has 0 rings (SSSR count). The van der Waals surface area contributed by atoms with Crippen LogP contribution in [0.15, 0.2) is 0 Å². The van der Waals surface area contributed by atoms with Crippen molar-refractivity contribution in [3.05, 3.63) is 0 Å². The summed E-state index contributed by atoms with van der Waals surface area (Å²) < 4.78 is 0. The molecule has 0 saturated heterocycles. The van der Waals surface area contributed by atoms with Crippen molar-refractivity contribution in [2.45, 2.75) is 0 Å². The van der Waals surface area contributed by atoms with Gasteiger partial charge in [-0.25, -0.2) is 0 Å². The first-order valence-corrected chi connectivity index (χ1v) is 0. The summed E-state index contributed by atoms with van der Waals surface area (Å²) in [7, 11) is 0. The Balaban J connectivity index is 0. The lowest BCUT2D eigenvalue weighted by molar-refractivity contribution is 0.823. The van der Waals surface area contributed by atoms with Gasteiger partial charge in [-0.3, -0.25) is 0 Å². The minimum absolute atomic E-state index is 0. The second-order valence-corrected chi connectivity index (χ2v) is 0. The summed E-state index contributed by atoms with van der Waals surface area (Å²) in [5, 5.41) is 0. The summed E-state index contributed by atoms with van der Waals surface area (Å²) in [6, 6.07) is 0. The van der Waals surface area contributed by atoms with Crippen molar-refractivity contribution < 1.29 is 16.4 Å². The molecule has 0 aliphatic rings. The molecule has 44 valence electrons. The number of hydrogen-bond donors (Lipinski definition) is 1. The monoisotopic (exact) mass is 131 g/mol. The third-order valence-electron chi connectivity index (χ3n) is 0. The highest BCUT2D eigenvalue weighted by molar-refractivity contribution is 5.76. The summed E-state index contributed by atoms with van der Waals surface area (Å²) in [5.74, 6) is 0. The molecule has 0 aromatic rings. The van der Waals surface area contributed by atoms with Gasteiger partial charge in [0, 0.05) is 0 Å². The maximum atomic E-state index is 0. The van der Waals surface area contributed by atoms with Crippen LogP contribution in [0, 0.1) is 0 Å². The lowest BCUT2D eigenvalue weighted by atomic mass is 14.0. The maximum Gasteiger partial charge on any atom is 0.187 e. The molecule has 0 aliphatic carbocycles. The fourth-order valence-corrected chi connectivity index (χ4v) is 0. The summed E-state index contributed by atoms with van der Waals surface area (Å²) in [6.45, 7) is 0. The Bertz CT molecular complexity index is 8.75. The van der Waals surface area contributed by atoms with E-state index in [1.807, 2.05) is 0 Å². The van der Waals surface area contributed by atoms with Gasteiger partial charge in [0.1, 0.15) is 0 Å². The Labute approximate surface area is 57.7 Å². The van der Waals surface area contributed by atoms with Crippen LogP contribution in [0.3, 0.4) is 0 Å². The first-order valence-electron chi connectivity index (χ1n) is 0. The van der Waals surface area contributed by atoms with Gasteiger partial charge in [-0.2, -0.15) is 0 Å². The zero-order valence-corrected chi connectivity index (χ0v) is 2.21. The summed E-state index contributed by atoms with van der Waals surface area (Å²) in [5.41, 5.74) is 0. The molecule has 0 spiro atoms. The van der Waals surface area contributed by atoms with Crippen LogP contribution in [-0.2, 0) is 0 Å². The number of hydrogen-bond acceptors (Lipinski definition) is 1. The summed E-state index contributed by atoms with van der Waals surface area (Å²) >= 11 is 0. The largest absolute Gasteiger partial charge is 0.412 e. The predicted octanol–water partition coefficient (Wildman–Crippen LogP) is -4.68. The second-order valence-electron chi connectivity index (χ2n) is 0. The number of rotatable bonds is 0. The Morgan fingerprint density at radius 2 is 0.500 bits per heavy atom. The van der Waals surface area contributed by atoms with Gasteiger partial charge < -0.3 is 22.6 Å². The molecule has 0 heterocycles. The van der Waals surface area contributed by atoms with Crippen molar-refractivity contribution in [3.8, 4) is 0 Å². The van der Waals surface area contributed by atoms with E-state index in [4.69, 9.17) is 0 Å². The SMILES string of the molecule is N.O.O.O.[AlH3].[AlH3]. The van der Waals surface area contributed by atoms with E-state index in [1.54, 1.807) is 0 Å². The highest BCUT2D eigenvalue weighted by atomic mass is 27.0. The Morgan fingerprint density at radius 1 is 0.500 bits per heavy atom. The summed E-state index contributed by atoms with van der Waals surface area (Å²) in [6.07, 6.45) is 0. The lowest BCUT2D eigenvalue weighted by Crippen LogP contribution is -0.481. The molecule has 0 bridgehead atoms. The molecule has 0 radical (unpaired) electrons. The third-order valence-corrected chi connectivity index (χ3v) is 0. The van der Waals surface area contributed by atoms with Crippen LogP contribution in [-0.4, -0.2) is 51.2 Å². The van der Waals surface area contributed by atoms with Crippen molar-refractivity contribution in [2.24, 2.45) is 0 Å². The topological polar surface area (TPSA) is 130 Å². The molecule has 0 saturated carbocycles. The van der Waals surface area contributed by atoms with Gasteiger partial charge >= 0.3 is 0 Å². The standard InChI is InChI=1S/2Al.H3N.3H2O.6H/h;;1H3;3*1H2;;;;;;. The smallest absolute Gasteiger partial charge is 0.187 e. The Kier molecular flexibility index (Phi) is 8500. The Hall–Kier alpha value is 0.905. The average molecular weight is 131 g/mol. The van der Waals surface area contributed by atoms with Gasteiger partial charge in [0.25, 0.3) is 0 Å². The first kappa shape index (κ1) is 294. The summed E-state index contributed by atoms with van der Waals surface area (Å²) in [4.78, 5) is 0. The Morgan fingerprint density at radius 3 is 0.500 bits per heavy atom. The minimum atomic E-state index is 0. The molecule has 0 amide bonds. The van der Waals surface area contributed by atoms with Gasteiger partial charge in [-0.05, 0) is 0 Å². The maximum absolute atomic E-state index is 0. The van der Waals surface area contributed by atoms with Crippen LogP contribution in [0.4, 0.5) is 0 Å². The molecule has 0 unspecified atom stereocenters. The third kappa shape index (κ3) is 91.3. The van der Waals surface area contributed by atoms with Crippen LogP contribution >= 0.6 is 0 Å². The predicted molar refractivity (Wildman–Crippen MR) is 35.7 cm³/mol. The molecule has 0 fully saturated rings. The molecule has 0 aliphatic heterocycles.